The van der Waals surface area contributed by atoms with E-state index in [1.165, 1.54) is 6.92 Å². The van der Waals surface area contributed by atoms with Gasteiger partial charge in [0.25, 0.3) is 6.43 Å². The zero-order valence-electron chi connectivity index (χ0n) is 8.73. The number of rotatable bonds is 3. The lowest BCUT2D eigenvalue weighted by Gasteiger charge is -2.24. The fourth-order valence-corrected chi connectivity index (χ4v) is 1.71. The number of alkyl halides is 2. The molecule has 0 saturated heterocycles. The van der Waals surface area contributed by atoms with E-state index in [1.807, 2.05) is 25.1 Å². The summed E-state index contributed by atoms with van der Waals surface area (Å²) < 4.78 is 26.0. The van der Waals surface area contributed by atoms with Gasteiger partial charge in [0, 0.05) is 4.47 Å². The molecule has 0 bridgehead atoms. The summed E-state index contributed by atoms with van der Waals surface area (Å²) in [6.07, 6.45) is -2.36. The van der Waals surface area contributed by atoms with Crippen LogP contribution in [0.25, 0.3) is 0 Å². The molecular formula is C11H14BrF2N. The van der Waals surface area contributed by atoms with Gasteiger partial charge in [0.1, 0.15) is 0 Å². The molecule has 1 unspecified atom stereocenters. The largest absolute Gasteiger partial charge is 0.320 e. The normalized spacial score (nSPS) is 15.4. The molecule has 1 aromatic rings. The van der Waals surface area contributed by atoms with Crippen LogP contribution in [0.15, 0.2) is 22.7 Å². The molecule has 1 nitrogen and oxygen atoms in total. The fourth-order valence-electron chi connectivity index (χ4n) is 1.33. The van der Waals surface area contributed by atoms with E-state index in [1.54, 1.807) is 0 Å². The Morgan fingerprint density at radius 3 is 2.60 bits per heavy atom. The Labute approximate surface area is 96.8 Å². The van der Waals surface area contributed by atoms with Crippen molar-refractivity contribution in [3.05, 3.63) is 33.8 Å². The van der Waals surface area contributed by atoms with Crippen LogP contribution in [-0.2, 0) is 6.42 Å². The van der Waals surface area contributed by atoms with Crippen LogP contribution >= 0.6 is 15.9 Å². The second kappa shape index (κ2) is 4.58. The Kier molecular flexibility index (Phi) is 3.84. The molecule has 15 heavy (non-hydrogen) atoms. The summed E-state index contributed by atoms with van der Waals surface area (Å²) in [5.41, 5.74) is 5.92. The van der Waals surface area contributed by atoms with Crippen LogP contribution in [0, 0.1) is 6.92 Å². The van der Waals surface area contributed by atoms with Crippen LogP contribution in [0.2, 0.25) is 0 Å². The highest BCUT2D eigenvalue weighted by Crippen LogP contribution is 2.24. The minimum absolute atomic E-state index is 0.160. The van der Waals surface area contributed by atoms with Crippen LogP contribution < -0.4 is 5.73 Å². The molecular weight excluding hydrogens is 264 g/mol. The van der Waals surface area contributed by atoms with Gasteiger partial charge in [-0.25, -0.2) is 8.78 Å². The van der Waals surface area contributed by atoms with Crippen LogP contribution in [0.1, 0.15) is 18.1 Å². The van der Waals surface area contributed by atoms with Crippen molar-refractivity contribution >= 4 is 15.9 Å². The Hall–Kier alpha value is -0.480. The smallest absolute Gasteiger partial charge is 0.256 e. The predicted molar refractivity (Wildman–Crippen MR) is 61.2 cm³/mol. The number of halogens is 3. The highest BCUT2D eigenvalue weighted by atomic mass is 79.9. The molecule has 4 heteroatoms. The summed E-state index contributed by atoms with van der Waals surface area (Å²) in [6, 6.07) is 5.65. The molecule has 0 aromatic heterocycles. The Morgan fingerprint density at radius 1 is 1.47 bits per heavy atom. The monoisotopic (exact) mass is 277 g/mol. The van der Waals surface area contributed by atoms with E-state index in [4.69, 9.17) is 5.73 Å². The molecule has 0 fully saturated rings. The molecule has 0 aliphatic carbocycles. The lowest BCUT2D eigenvalue weighted by atomic mass is 9.94. The van der Waals surface area contributed by atoms with Crippen molar-refractivity contribution in [2.75, 3.05) is 0 Å². The number of hydrogen-bond acceptors (Lipinski definition) is 1. The Bertz CT molecular complexity index is 350. The quantitative estimate of drug-likeness (QED) is 0.902. The number of hydrogen-bond donors (Lipinski definition) is 1. The molecule has 0 aliphatic rings. The summed E-state index contributed by atoms with van der Waals surface area (Å²) in [5, 5.41) is 0. The van der Waals surface area contributed by atoms with Crippen LogP contribution in [0.5, 0.6) is 0 Å². The minimum atomic E-state index is -2.52. The topological polar surface area (TPSA) is 26.0 Å². The van der Waals surface area contributed by atoms with Crippen LogP contribution in [-0.4, -0.2) is 12.0 Å². The van der Waals surface area contributed by atoms with E-state index in [9.17, 15) is 8.78 Å². The van der Waals surface area contributed by atoms with Gasteiger partial charge >= 0.3 is 0 Å². The second-order valence-corrected chi connectivity index (χ2v) is 4.93. The highest BCUT2D eigenvalue weighted by molar-refractivity contribution is 9.10. The van der Waals surface area contributed by atoms with Crippen molar-refractivity contribution in [1.82, 2.24) is 0 Å². The van der Waals surface area contributed by atoms with Gasteiger partial charge in [-0.1, -0.05) is 33.6 Å². The first-order chi connectivity index (χ1) is 6.83. The number of aryl methyl sites for hydroxylation is 1. The van der Waals surface area contributed by atoms with E-state index >= 15 is 0 Å². The van der Waals surface area contributed by atoms with Gasteiger partial charge in [-0.2, -0.15) is 0 Å². The summed E-state index contributed by atoms with van der Waals surface area (Å²) in [4.78, 5) is 0. The second-order valence-electron chi connectivity index (χ2n) is 4.08. The van der Waals surface area contributed by atoms with Crippen molar-refractivity contribution < 1.29 is 8.78 Å². The third kappa shape index (κ3) is 3.24. The van der Waals surface area contributed by atoms with Crippen LogP contribution in [0.4, 0.5) is 8.78 Å². The molecule has 0 saturated carbocycles. The minimum Gasteiger partial charge on any atom is -0.320 e. The zero-order valence-corrected chi connectivity index (χ0v) is 10.3. The van der Waals surface area contributed by atoms with Crippen molar-refractivity contribution in [3.8, 4) is 0 Å². The van der Waals surface area contributed by atoms with Gasteiger partial charge in [0.15, 0.2) is 0 Å². The number of benzene rings is 1. The van der Waals surface area contributed by atoms with E-state index in [0.717, 1.165) is 15.6 Å². The molecule has 0 heterocycles. The van der Waals surface area contributed by atoms with E-state index in [-0.39, 0.29) is 6.42 Å². The maximum Gasteiger partial charge on any atom is 0.256 e. The van der Waals surface area contributed by atoms with Crippen molar-refractivity contribution in [2.24, 2.45) is 5.73 Å². The summed E-state index contributed by atoms with van der Waals surface area (Å²) in [5.74, 6) is 0. The molecule has 0 amide bonds. The standard InChI is InChI=1S/C11H14BrF2N/c1-7-3-4-9(12)8(5-7)6-11(2,15)10(13)14/h3-5,10H,6,15H2,1-2H3. The first-order valence-corrected chi connectivity index (χ1v) is 5.44. The molecule has 0 spiro atoms. The first kappa shape index (κ1) is 12.6. The molecule has 1 rings (SSSR count). The first-order valence-electron chi connectivity index (χ1n) is 4.65. The average Bonchev–Trinajstić information content (AvgIpc) is 2.10. The highest BCUT2D eigenvalue weighted by Gasteiger charge is 2.30. The Morgan fingerprint density at radius 2 is 2.07 bits per heavy atom. The molecule has 1 aromatic carbocycles. The third-order valence-corrected chi connectivity index (χ3v) is 3.04. The lowest BCUT2D eigenvalue weighted by Crippen LogP contribution is -2.45. The SMILES string of the molecule is Cc1ccc(Br)c(CC(C)(N)C(F)F)c1. The number of nitrogens with two attached hydrogens (primary N) is 1. The maximum absolute atomic E-state index is 12.6. The summed E-state index contributed by atoms with van der Waals surface area (Å²) >= 11 is 3.33. The molecule has 0 radical (unpaired) electrons. The van der Waals surface area contributed by atoms with Gasteiger partial charge in [0.2, 0.25) is 0 Å². The average molecular weight is 278 g/mol. The van der Waals surface area contributed by atoms with Gasteiger partial charge < -0.3 is 5.73 Å². The molecule has 2 N–H and O–H groups in total. The van der Waals surface area contributed by atoms with Crippen molar-refractivity contribution in [1.29, 1.82) is 0 Å². The van der Waals surface area contributed by atoms with Crippen LogP contribution in [0.3, 0.4) is 0 Å². The van der Waals surface area contributed by atoms with Gasteiger partial charge in [0.05, 0.1) is 5.54 Å². The van der Waals surface area contributed by atoms with E-state index < -0.39 is 12.0 Å². The summed E-state index contributed by atoms with van der Waals surface area (Å²) in [7, 11) is 0. The predicted octanol–water partition coefficient (Wildman–Crippen LogP) is 3.28. The molecule has 84 valence electrons. The van der Waals surface area contributed by atoms with Gasteiger partial charge in [-0.3, -0.25) is 0 Å². The van der Waals surface area contributed by atoms with Gasteiger partial charge in [-0.15, -0.1) is 0 Å². The fraction of sp³-hybridized carbons (Fsp3) is 0.455. The lowest BCUT2D eigenvalue weighted by molar-refractivity contribution is 0.0638. The maximum atomic E-state index is 12.6. The summed E-state index contributed by atoms with van der Waals surface area (Å²) in [6.45, 7) is 3.29. The Balaban J connectivity index is 2.94. The van der Waals surface area contributed by atoms with Crippen molar-refractivity contribution in [2.45, 2.75) is 32.2 Å². The molecule has 0 aliphatic heterocycles. The van der Waals surface area contributed by atoms with E-state index in [2.05, 4.69) is 15.9 Å². The zero-order chi connectivity index (χ0) is 11.6. The van der Waals surface area contributed by atoms with Crippen molar-refractivity contribution in [3.63, 3.8) is 0 Å². The third-order valence-electron chi connectivity index (χ3n) is 2.27. The molecule has 1 atom stereocenters. The van der Waals surface area contributed by atoms with E-state index in [0.29, 0.717) is 0 Å². The van der Waals surface area contributed by atoms with Gasteiger partial charge in [-0.05, 0) is 31.9 Å².